The standard InChI is InChI=1S/C28H28ClN5O3S/c1-20-7-5-10-22(17-20)19-38-28-32-31-27(33(28)23-12-14-24(15-13-23)34(36)37)25(30-26(35)11-6-16-29)18-21-8-3-2-4-9-21/h2-5,7-10,12-15,17,25H,6,11,16,18-19H2,1H3,(H,30,35). The molecular formula is C28H28ClN5O3S. The number of rotatable bonds is 12. The quantitative estimate of drug-likeness (QED) is 0.0977. The van der Waals surface area contributed by atoms with Gasteiger partial charge in [0, 0.05) is 35.9 Å². The third-order valence-electron chi connectivity index (χ3n) is 5.89. The number of benzene rings is 3. The zero-order valence-corrected chi connectivity index (χ0v) is 22.5. The summed E-state index contributed by atoms with van der Waals surface area (Å²) < 4.78 is 1.87. The molecule has 196 valence electrons. The Balaban J connectivity index is 1.73. The zero-order valence-electron chi connectivity index (χ0n) is 20.9. The van der Waals surface area contributed by atoms with Crippen molar-refractivity contribution in [3.05, 3.63) is 111 Å². The molecule has 10 heteroatoms. The number of nitrogens with zero attached hydrogens (tertiary/aromatic N) is 4. The second-order valence-corrected chi connectivity index (χ2v) is 10.2. The van der Waals surface area contributed by atoms with E-state index in [1.807, 2.05) is 54.0 Å². The fourth-order valence-corrected chi connectivity index (χ4v) is 5.10. The number of nitrogens with one attached hydrogen (secondary N) is 1. The number of nitro benzene ring substituents is 1. The molecule has 0 radical (unpaired) electrons. The maximum Gasteiger partial charge on any atom is 0.269 e. The molecule has 0 fully saturated rings. The van der Waals surface area contributed by atoms with Gasteiger partial charge in [0.1, 0.15) is 0 Å². The van der Waals surface area contributed by atoms with Crippen LogP contribution in [0.1, 0.15) is 41.4 Å². The van der Waals surface area contributed by atoms with Gasteiger partial charge in [0.2, 0.25) is 5.91 Å². The smallest absolute Gasteiger partial charge is 0.269 e. The molecule has 0 aliphatic heterocycles. The third-order valence-corrected chi connectivity index (χ3v) is 7.16. The maximum atomic E-state index is 12.8. The lowest BCUT2D eigenvalue weighted by molar-refractivity contribution is -0.384. The molecule has 0 spiro atoms. The number of nitro groups is 1. The molecule has 1 atom stereocenters. The Kier molecular flexibility index (Phi) is 9.51. The van der Waals surface area contributed by atoms with Crippen LogP contribution in [0.5, 0.6) is 0 Å². The predicted octanol–water partition coefficient (Wildman–Crippen LogP) is 6.20. The van der Waals surface area contributed by atoms with Gasteiger partial charge in [0.15, 0.2) is 11.0 Å². The van der Waals surface area contributed by atoms with Crippen molar-refractivity contribution in [1.82, 2.24) is 20.1 Å². The van der Waals surface area contributed by atoms with Crippen molar-refractivity contribution < 1.29 is 9.72 Å². The van der Waals surface area contributed by atoms with Crippen molar-refractivity contribution in [2.24, 2.45) is 0 Å². The zero-order chi connectivity index (χ0) is 26.9. The number of carbonyl (C=O) groups excluding carboxylic acids is 1. The van der Waals surface area contributed by atoms with Gasteiger partial charge in [-0.15, -0.1) is 21.8 Å². The van der Waals surface area contributed by atoms with Crippen LogP contribution in [0.3, 0.4) is 0 Å². The van der Waals surface area contributed by atoms with Crippen LogP contribution in [-0.4, -0.2) is 31.5 Å². The van der Waals surface area contributed by atoms with Crippen LogP contribution in [0.2, 0.25) is 0 Å². The van der Waals surface area contributed by atoms with E-state index >= 15 is 0 Å². The monoisotopic (exact) mass is 549 g/mol. The number of aromatic nitrogens is 3. The molecule has 0 saturated heterocycles. The highest BCUT2D eigenvalue weighted by molar-refractivity contribution is 7.98. The van der Waals surface area contributed by atoms with E-state index in [0.29, 0.717) is 47.6 Å². The minimum absolute atomic E-state index is 0.00690. The largest absolute Gasteiger partial charge is 0.346 e. The first-order chi connectivity index (χ1) is 18.4. The molecule has 4 rings (SSSR count). The summed E-state index contributed by atoms with van der Waals surface area (Å²) >= 11 is 7.33. The predicted molar refractivity (Wildman–Crippen MR) is 150 cm³/mol. The number of thioether (sulfide) groups is 1. The summed E-state index contributed by atoms with van der Waals surface area (Å²) in [6.07, 6.45) is 1.37. The summed E-state index contributed by atoms with van der Waals surface area (Å²) in [5.74, 6) is 1.49. The van der Waals surface area contributed by atoms with E-state index in [0.717, 1.165) is 11.1 Å². The van der Waals surface area contributed by atoms with Gasteiger partial charge in [-0.2, -0.15) is 0 Å². The van der Waals surface area contributed by atoms with E-state index < -0.39 is 11.0 Å². The fraction of sp³-hybridized carbons (Fsp3) is 0.250. The summed E-state index contributed by atoms with van der Waals surface area (Å²) in [5, 5.41) is 24.0. The lowest BCUT2D eigenvalue weighted by Crippen LogP contribution is -2.32. The number of amides is 1. The Labute approximate surface area is 230 Å². The van der Waals surface area contributed by atoms with Gasteiger partial charge in [-0.25, -0.2) is 0 Å². The summed E-state index contributed by atoms with van der Waals surface area (Å²) in [5.41, 5.74) is 4.01. The first-order valence-electron chi connectivity index (χ1n) is 12.2. The molecule has 1 unspecified atom stereocenters. The second kappa shape index (κ2) is 13.2. The van der Waals surface area contributed by atoms with Gasteiger partial charge in [-0.3, -0.25) is 19.5 Å². The highest BCUT2D eigenvalue weighted by atomic mass is 35.5. The lowest BCUT2D eigenvalue weighted by atomic mass is 10.0. The maximum absolute atomic E-state index is 12.8. The Morgan fingerprint density at radius 2 is 1.79 bits per heavy atom. The van der Waals surface area contributed by atoms with Crippen molar-refractivity contribution in [2.45, 2.75) is 43.1 Å². The number of halogens is 1. The van der Waals surface area contributed by atoms with E-state index in [4.69, 9.17) is 11.6 Å². The average molecular weight is 550 g/mol. The van der Waals surface area contributed by atoms with Gasteiger partial charge in [0.25, 0.3) is 5.69 Å². The van der Waals surface area contributed by atoms with Crippen LogP contribution < -0.4 is 5.32 Å². The molecule has 1 heterocycles. The SMILES string of the molecule is Cc1cccc(CSc2nnc(C(Cc3ccccc3)NC(=O)CCCCl)n2-c2ccc([N+](=O)[O-])cc2)c1. The van der Waals surface area contributed by atoms with Crippen LogP contribution in [0.4, 0.5) is 5.69 Å². The Hall–Kier alpha value is -3.69. The lowest BCUT2D eigenvalue weighted by Gasteiger charge is -2.20. The van der Waals surface area contributed by atoms with E-state index in [1.165, 1.54) is 29.5 Å². The molecule has 0 aliphatic rings. The molecule has 1 amide bonds. The summed E-state index contributed by atoms with van der Waals surface area (Å²) in [6, 6.07) is 23.9. The van der Waals surface area contributed by atoms with Gasteiger partial charge in [-0.05, 0) is 43.0 Å². The van der Waals surface area contributed by atoms with E-state index in [9.17, 15) is 14.9 Å². The second-order valence-electron chi connectivity index (χ2n) is 8.83. The molecule has 0 saturated carbocycles. The van der Waals surface area contributed by atoms with E-state index in [1.54, 1.807) is 12.1 Å². The number of aryl methyl sites for hydroxylation is 1. The fourth-order valence-electron chi connectivity index (χ4n) is 4.07. The number of non-ortho nitro benzene ring substituents is 1. The number of hydrogen-bond donors (Lipinski definition) is 1. The normalized spacial score (nSPS) is 11.7. The summed E-state index contributed by atoms with van der Waals surface area (Å²) in [4.78, 5) is 23.6. The van der Waals surface area contributed by atoms with Crippen LogP contribution in [0.25, 0.3) is 5.69 Å². The van der Waals surface area contributed by atoms with Crippen molar-refractivity contribution in [2.75, 3.05) is 5.88 Å². The first-order valence-corrected chi connectivity index (χ1v) is 13.7. The number of carbonyl (C=O) groups is 1. The van der Waals surface area contributed by atoms with Gasteiger partial charge >= 0.3 is 0 Å². The summed E-state index contributed by atoms with van der Waals surface area (Å²) in [7, 11) is 0. The molecule has 38 heavy (non-hydrogen) atoms. The topological polar surface area (TPSA) is 103 Å². The highest BCUT2D eigenvalue weighted by Gasteiger charge is 2.25. The number of alkyl halides is 1. The number of hydrogen-bond acceptors (Lipinski definition) is 6. The van der Waals surface area contributed by atoms with E-state index in [2.05, 4.69) is 27.6 Å². The average Bonchev–Trinajstić information content (AvgIpc) is 3.35. The molecular weight excluding hydrogens is 522 g/mol. The summed E-state index contributed by atoms with van der Waals surface area (Å²) in [6.45, 7) is 2.05. The molecule has 3 aromatic carbocycles. The molecule has 1 aromatic heterocycles. The molecule has 1 N–H and O–H groups in total. The van der Waals surface area contributed by atoms with Gasteiger partial charge in [-0.1, -0.05) is 71.9 Å². The highest BCUT2D eigenvalue weighted by Crippen LogP contribution is 2.30. The van der Waals surface area contributed by atoms with Crippen molar-refractivity contribution in [3.63, 3.8) is 0 Å². The Morgan fingerprint density at radius 3 is 2.47 bits per heavy atom. The first kappa shape index (κ1) is 27.3. The van der Waals surface area contributed by atoms with Crippen molar-refractivity contribution in [1.29, 1.82) is 0 Å². The minimum atomic E-state index is -0.476. The third kappa shape index (κ3) is 7.20. The van der Waals surface area contributed by atoms with Crippen LogP contribution >= 0.6 is 23.4 Å². The van der Waals surface area contributed by atoms with E-state index in [-0.39, 0.29) is 11.6 Å². The minimum Gasteiger partial charge on any atom is -0.346 e. The Bertz CT molecular complexity index is 1380. The van der Waals surface area contributed by atoms with Gasteiger partial charge in [0.05, 0.1) is 11.0 Å². The molecule has 0 aliphatic carbocycles. The Morgan fingerprint density at radius 1 is 1.05 bits per heavy atom. The molecule has 4 aromatic rings. The van der Waals surface area contributed by atoms with Crippen LogP contribution in [0.15, 0.2) is 84.0 Å². The van der Waals surface area contributed by atoms with Crippen molar-refractivity contribution >= 4 is 35.0 Å². The van der Waals surface area contributed by atoms with Crippen LogP contribution in [0, 0.1) is 17.0 Å². The van der Waals surface area contributed by atoms with Crippen LogP contribution in [-0.2, 0) is 17.0 Å². The van der Waals surface area contributed by atoms with Crippen molar-refractivity contribution in [3.8, 4) is 5.69 Å². The molecule has 8 nitrogen and oxygen atoms in total. The molecule has 0 bridgehead atoms. The van der Waals surface area contributed by atoms with Gasteiger partial charge < -0.3 is 5.32 Å².